The molecule has 1 rings (SSSR count). The van der Waals surface area contributed by atoms with E-state index in [0.717, 1.165) is 12.8 Å². The molecule has 0 aliphatic carbocycles. The number of carbonyl (C=O) groups excluding carboxylic acids is 1. The Balaban J connectivity index is 2.35. The van der Waals surface area contributed by atoms with Gasteiger partial charge in [-0.15, -0.1) is 0 Å². The van der Waals surface area contributed by atoms with Gasteiger partial charge in [0.25, 0.3) is 0 Å². The smallest absolute Gasteiger partial charge is 0.330 e. The predicted molar refractivity (Wildman–Crippen MR) is 108 cm³/mol. The molecule has 0 unspecified atom stereocenters. The molecule has 3 heteroatoms. The SMILES string of the molecule is CCCCCCCCC[C@@H](C/C=C/C(=O)OCC)OCc1ccccc1. The summed E-state index contributed by atoms with van der Waals surface area (Å²) in [5.41, 5.74) is 1.19. The van der Waals surface area contributed by atoms with Gasteiger partial charge in [0.05, 0.1) is 19.3 Å². The van der Waals surface area contributed by atoms with Crippen LogP contribution in [-0.4, -0.2) is 18.7 Å². The molecule has 26 heavy (non-hydrogen) atoms. The van der Waals surface area contributed by atoms with Crippen molar-refractivity contribution in [3.05, 3.63) is 48.0 Å². The van der Waals surface area contributed by atoms with Gasteiger partial charge in [0.15, 0.2) is 0 Å². The number of esters is 1. The fraction of sp³-hybridized carbons (Fsp3) is 0.609. The Morgan fingerprint density at radius 3 is 2.38 bits per heavy atom. The largest absolute Gasteiger partial charge is 0.463 e. The standard InChI is InChI=1S/C23H36O3/c1-3-5-6-7-8-9-13-17-22(18-14-19-23(24)25-4-2)26-20-21-15-11-10-12-16-21/h10-12,14-16,19,22H,3-9,13,17-18,20H2,1-2H3/b19-14+/t22-/m0/s1. The topological polar surface area (TPSA) is 35.5 Å². The van der Waals surface area contributed by atoms with Gasteiger partial charge in [0, 0.05) is 6.08 Å². The van der Waals surface area contributed by atoms with Crippen molar-refractivity contribution in [2.75, 3.05) is 6.61 Å². The van der Waals surface area contributed by atoms with E-state index in [9.17, 15) is 4.79 Å². The van der Waals surface area contributed by atoms with Crippen molar-refractivity contribution in [2.45, 2.75) is 84.3 Å². The number of rotatable bonds is 15. The Bertz CT molecular complexity index is 481. The first-order valence-corrected chi connectivity index (χ1v) is 10.2. The normalized spacial score (nSPS) is 12.4. The van der Waals surface area contributed by atoms with Crippen molar-refractivity contribution in [3.8, 4) is 0 Å². The van der Waals surface area contributed by atoms with Gasteiger partial charge in [0.2, 0.25) is 0 Å². The second-order valence-corrected chi connectivity index (χ2v) is 6.72. The van der Waals surface area contributed by atoms with E-state index in [2.05, 4.69) is 19.1 Å². The van der Waals surface area contributed by atoms with Crippen LogP contribution in [0.2, 0.25) is 0 Å². The Morgan fingerprint density at radius 2 is 1.69 bits per heavy atom. The van der Waals surface area contributed by atoms with Crippen LogP contribution >= 0.6 is 0 Å². The molecule has 1 aromatic carbocycles. The van der Waals surface area contributed by atoms with E-state index in [4.69, 9.17) is 9.47 Å². The third kappa shape index (κ3) is 11.9. The Kier molecular flexibility index (Phi) is 13.5. The van der Waals surface area contributed by atoms with Crippen LogP contribution in [0.1, 0.15) is 77.2 Å². The highest BCUT2D eigenvalue weighted by molar-refractivity contribution is 5.81. The lowest BCUT2D eigenvalue weighted by Crippen LogP contribution is -2.12. The fourth-order valence-electron chi connectivity index (χ4n) is 2.89. The quantitative estimate of drug-likeness (QED) is 0.211. The molecule has 3 nitrogen and oxygen atoms in total. The highest BCUT2D eigenvalue weighted by Crippen LogP contribution is 2.15. The molecule has 1 atom stereocenters. The van der Waals surface area contributed by atoms with Crippen molar-refractivity contribution in [1.82, 2.24) is 0 Å². The molecule has 1 aromatic rings. The molecule has 0 saturated carbocycles. The summed E-state index contributed by atoms with van der Waals surface area (Å²) >= 11 is 0. The third-order valence-corrected chi connectivity index (χ3v) is 4.40. The van der Waals surface area contributed by atoms with Crippen molar-refractivity contribution in [2.24, 2.45) is 0 Å². The van der Waals surface area contributed by atoms with Gasteiger partial charge in [-0.3, -0.25) is 0 Å². The first kappa shape index (κ1) is 22.4. The van der Waals surface area contributed by atoms with Crippen LogP contribution in [-0.2, 0) is 20.9 Å². The van der Waals surface area contributed by atoms with Crippen LogP contribution in [0.25, 0.3) is 0 Å². The lowest BCUT2D eigenvalue weighted by molar-refractivity contribution is -0.137. The minimum atomic E-state index is -0.273. The number of carbonyl (C=O) groups is 1. The van der Waals surface area contributed by atoms with Gasteiger partial charge >= 0.3 is 5.97 Å². The lowest BCUT2D eigenvalue weighted by Gasteiger charge is -2.16. The van der Waals surface area contributed by atoms with E-state index in [1.807, 2.05) is 31.2 Å². The second-order valence-electron chi connectivity index (χ2n) is 6.72. The lowest BCUT2D eigenvalue weighted by atomic mass is 10.0. The number of ether oxygens (including phenoxy) is 2. The molecule has 0 aromatic heterocycles. The molecule has 0 aliphatic heterocycles. The summed E-state index contributed by atoms with van der Waals surface area (Å²) in [5.74, 6) is -0.273. The fourth-order valence-corrected chi connectivity index (χ4v) is 2.89. The van der Waals surface area contributed by atoms with E-state index in [1.54, 1.807) is 0 Å². The predicted octanol–water partition coefficient (Wildman–Crippen LogP) is 6.22. The van der Waals surface area contributed by atoms with Crippen LogP contribution < -0.4 is 0 Å². The Labute approximate surface area is 159 Å². The van der Waals surface area contributed by atoms with E-state index in [0.29, 0.717) is 13.2 Å². The van der Waals surface area contributed by atoms with Crippen molar-refractivity contribution in [1.29, 1.82) is 0 Å². The van der Waals surface area contributed by atoms with Gasteiger partial charge < -0.3 is 9.47 Å². The minimum absolute atomic E-state index is 0.150. The molecule has 0 amide bonds. The monoisotopic (exact) mass is 360 g/mol. The average molecular weight is 361 g/mol. The van der Waals surface area contributed by atoms with Gasteiger partial charge in [-0.05, 0) is 25.3 Å². The molecule has 0 bridgehead atoms. The summed E-state index contributed by atoms with van der Waals surface area (Å²) < 4.78 is 11.0. The molecule has 0 heterocycles. The maximum Gasteiger partial charge on any atom is 0.330 e. The number of benzene rings is 1. The van der Waals surface area contributed by atoms with Crippen LogP contribution in [0.4, 0.5) is 0 Å². The van der Waals surface area contributed by atoms with Gasteiger partial charge in [-0.1, -0.05) is 88.3 Å². The summed E-state index contributed by atoms with van der Waals surface area (Å²) in [5, 5.41) is 0. The molecule has 0 radical (unpaired) electrons. The molecule has 146 valence electrons. The zero-order valence-electron chi connectivity index (χ0n) is 16.6. The van der Waals surface area contributed by atoms with E-state index < -0.39 is 0 Å². The van der Waals surface area contributed by atoms with Crippen molar-refractivity contribution < 1.29 is 14.3 Å². The first-order chi connectivity index (χ1) is 12.8. The molecular weight excluding hydrogens is 324 g/mol. The first-order valence-electron chi connectivity index (χ1n) is 10.2. The van der Waals surface area contributed by atoms with E-state index in [1.165, 1.54) is 56.6 Å². The minimum Gasteiger partial charge on any atom is -0.463 e. The molecule has 0 fully saturated rings. The Hall–Kier alpha value is -1.61. The summed E-state index contributed by atoms with van der Waals surface area (Å²) in [7, 11) is 0. The van der Waals surface area contributed by atoms with Gasteiger partial charge in [0.1, 0.15) is 0 Å². The van der Waals surface area contributed by atoms with Crippen molar-refractivity contribution >= 4 is 5.97 Å². The zero-order chi connectivity index (χ0) is 18.9. The highest BCUT2D eigenvalue weighted by Gasteiger charge is 2.08. The van der Waals surface area contributed by atoms with Crippen molar-refractivity contribution in [3.63, 3.8) is 0 Å². The maximum atomic E-state index is 11.4. The number of hydrogen-bond acceptors (Lipinski definition) is 3. The van der Waals surface area contributed by atoms with Crippen LogP contribution in [0.15, 0.2) is 42.5 Å². The van der Waals surface area contributed by atoms with E-state index >= 15 is 0 Å². The van der Waals surface area contributed by atoms with Gasteiger partial charge in [-0.2, -0.15) is 0 Å². The van der Waals surface area contributed by atoms with Crippen LogP contribution in [0, 0.1) is 0 Å². The summed E-state index contributed by atoms with van der Waals surface area (Å²) in [6, 6.07) is 10.2. The summed E-state index contributed by atoms with van der Waals surface area (Å²) in [6.07, 6.45) is 14.4. The Morgan fingerprint density at radius 1 is 1.00 bits per heavy atom. The molecule has 0 spiro atoms. The summed E-state index contributed by atoms with van der Waals surface area (Å²) in [4.78, 5) is 11.4. The number of unbranched alkanes of at least 4 members (excludes halogenated alkanes) is 6. The molecular formula is C23H36O3. The maximum absolute atomic E-state index is 11.4. The van der Waals surface area contributed by atoms with Crippen LogP contribution in [0.5, 0.6) is 0 Å². The second kappa shape index (κ2) is 15.6. The molecule has 0 N–H and O–H groups in total. The highest BCUT2D eigenvalue weighted by atomic mass is 16.5. The third-order valence-electron chi connectivity index (χ3n) is 4.40. The van der Waals surface area contributed by atoms with Gasteiger partial charge in [-0.25, -0.2) is 4.79 Å². The molecule has 0 aliphatic rings. The number of hydrogen-bond donors (Lipinski definition) is 0. The van der Waals surface area contributed by atoms with E-state index in [-0.39, 0.29) is 12.1 Å². The summed E-state index contributed by atoms with van der Waals surface area (Å²) in [6.45, 7) is 5.10. The molecule has 0 saturated heterocycles. The zero-order valence-corrected chi connectivity index (χ0v) is 16.6. The van der Waals surface area contributed by atoms with Crippen LogP contribution in [0.3, 0.4) is 0 Å². The average Bonchev–Trinajstić information content (AvgIpc) is 2.66.